The number of thiol groups is 1. The largest absolute Gasteiger partial charge is 0.480 e. The lowest BCUT2D eigenvalue weighted by atomic mass is 9.96. The van der Waals surface area contributed by atoms with Crippen molar-refractivity contribution in [2.24, 2.45) is 0 Å². The highest BCUT2D eigenvalue weighted by molar-refractivity contribution is 7.80. The average molecular weight is 398 g/mol. The Morgan fingerprint density at radius 2 is 1.85 bits per heavy atom. The van der Waals surface area contributed by atoms with Gasteiger partial charge in [-0.2, -0.15) is 12.6 Å². The van der Waals surface area contributed by atoms with Crippen LogP contribution in [0.25, 0.3) is 11.1 Å². The molecule has 142 valence electrons. The van der Waals surface area contributed by atoms with E-state index in [1.54, 1.807) is 13.1 Å². The van der Waals surface area contributed by atoms with Gasteiger partial charge in [0.25, 0.3) is 0 Å². The summed E-state index contributed by atoms with van der Waals surface area (Å²) in [5, 5.41) is 11.3. The molecule has 0 unspecified atom stereocenters. The maximum Gasteiger partial charge on any atom is 0.321 e. The molecule has 0 spiro atoms. The van der Waals surface area contributed by atoms with E-state index < -0.39 is 12.0 Å². The van der Waals surface area contributed by atoms with E-state index >= 15 is 0 Å². The second-order valence-electron chi connectivity index (χ2n) is 5.68. The molecule has 0 aliphatic carbocycles. The summed E-state index contributed by atoms with van der Waals surface area (Å²) in [6, 6.07) is 10.4. The predicted octanol–water partition coefficient (Wildman–Crippen LogP) is 4.86. The van der Waals surface area contributed by atoms with Crippen molar-refractivity contribution in [2.45, 2.75) is 32.7 Å². The van der Waals surface area contributed by atoms with E-state index in [0.717, 1.165) is 24.0 Å². The average Bonchev–Trinajstić information content (AvgIpc) is 2.62. The van der Waals surface area contributed by atoms with Crippen LogP contribution in [0.5, 0.6) is 0 Å². The Bertz CT molecular complexity index is 736. The van der Waals surface area contributed by atoms with Crippen molar-refractivity contribution in [3.05, 3.63) is 58.4 Å². The number of rotatable bonds is 6. The van der Waals surface area contributed by atoms with E-state index in [1.165, 1.54) is 23.3 Å². The molecule has 26 heavy (non-hydrogen) atoms. The summed E-state index contributed by atoms with van der Waals surface area (Å²) < 4.78 is 13.0. The highest BCUT2D eigenvalue weighted by Crippen LogP contribution is 2.30. The molecule has 0 amide bonds. The molecular weight excluding hydrogens is 373 g/mol. The van der Waals surface area contributed by atoms with Crippen LogP contribution < -0.4 is 5.32 Å². The third-order valence-corrected chi connectivity index (χ3v) is 4.72. The third kappa shape index (κ3) is 6.31. The minimum absolute atomic E-state index is 0.301. The smallest absolute Gasteiger partial charge is 0.321 e. The molecule has 0 aliphatic rings. The molecule has 0 fully saturated rings. The molecule has 0 saturated carbocycles. The van der Waals surface area contributed by atoms with Gasteiger partial charge in [0, 0.05) is 11.3 Å². The van der Waals surface area contributed by atoms with Gasteiger partial charge in [0.2, 0.25) is 0 Å². The maximum absolute atomic E-state index is 13.0. The molecule has 0 heterocycles. The lowest BCUT2D eigenvalue weighted by molar-refractivity contribution is -0.138. The van der Waals surface area contributed by atoms with Gasteiger partial charge in [-0.25, -0.2) is 4.39 Å². The van der Waals surface area contributed by atoms with Crippen molar-refractivity contribution >= 4 is 30.2 Å². The normalized spacial score (nSPS) is 11.5. The number of nitrogens with one attached hydrogen (secondary N) is 1. The number of likely N-dealkylation sites (N-methyl/N-ethyl adjacent to an activating group) is 1. The summed E-state index contributed by atoms with van der Waals surface area (Å²) >= 11 is 9.88. The van der Waals surface area contributed by atoms with E-state index in [9.17, 15) is 9.18 Å². The topological polar surface area (TPSA) is 49.3 Å². The fraction of sp³-hybridized carbons (Fsp3) is 0.350. The van der Waals surface area contributed by atoms with Crippen LogP contribution in [-0.4, -0.2) is 29.9 Å². The van der Waals surface area contributed by atoms with Gasteiger partial charge in [-0.05, 0) is 54.8 Å². The second-order valence-corrected chi connectivity index (χ2v) is 6.45. The Morgan fingerprint density at radius 3 is 2.27 bits per heavy atom. The van der Waals surface area contributed by atoms with E-state index in [0.29, 0.717) is 10.8 Å². The van der Waals surface area contributed by atoms with Gasteiger partial charge in [0.15, 0.2) is 0 Å². The molecule has 0 bridgehead atoms. The second kappa shape index (κ2) is 11.2. The van der Waals surface area contributed by atoms with Gasteiger partial charge in [0.1, 0.15) is 11.9 Å². The zero-order chi connectivity index (χ0) is 19.7. The predicted molar refractivity (Wildman–Crippen MR) is 110 cm³/mol. The summed E-state index contributed by atoms with van der Waals surface area (Å²) in [6.07, 6.45) is 2.02. The van der Waals surface area contributed by atoms with Crippen molar-refractivity contribution in [3.8, 4) is 11.1 Å². The molecule has 1 atom stereocenters. The highest BCUT2D eigenvalue weighted by Gasteiger charge is 2.10. The lowest BCUT2D eigenvalue weighted by Crippen LogP contribution is -2.35. The first-order valence-corrected chi connectivity index (χ1v) is 9.47. The number of hydrogen-bond acceptors (Lipinski definition) is 3. The standard InChI is InChI=1S/C16H16ClF.C4H9NO2S/c1-3-11-5-6-13(9-12(11)4-2)15-8-7-14(18)10-16(15)17;1-5-3(2-8)4(6)7/h5-10H,3-4H2,1-2H3;3,5,8H,2H2,1H3,(H,6,7)/t;3-/m.0/s1. The number of carbonyl (C=O) groups is 1. The molecule has 0 radical (unpaired) electrons. The molecule has 2 N–H and O–H groups in total. The molecule has 2 aromatic carbocycles. The van der Waals surface area contributed by atoms with Crippen LogP contribution in [0.1, 0.15) is 25.0 Å². The van der Waals surface area contributed by atoms with Crippen LogP contribution in [0, 0.1) is 5.82 Å². The third-order valence-electron chi connectivity index (χ3n) is 4.04. The van der Waals surface area contributed by atoms with E-state index in [2.05, 4.69) is 50.0 Å². The van der Waals surface area contributed by atoms with Gasteiger partial charge in [0.05, 0.1) is 5.02 Å². The Balaban J connectivity index is 0.000000359. The van der Waals surface area contributed by atoms with Crippen LogP contribution in [0.3, 0.4) is 0 Å². The van der Waals surface area contributed by atoms with Crippen LogP contribution in [0.2, 0.25) is 5.02 Å². The van der Waals surface area contributed by atoms with E-state index in [4.69, 9.17) is 16.7 Å². The fourth-order valence-corrected chi connectivity index (χ4v) is 3.10. The first kappa shape index (κ1) is 22.5. The molecule has 6 heteroatoms. The summed E-state index contributed by atoms with van der Waals surface area (Å²) in [4.78, 5) is 10.1. The fourth-order valence-electron chi connectivity index (χ4n) is 2.48. The van der Waals surface area contributed by atoms with Crippen molar-refractivity contribution in [1.29, 1.82) is 0 Å². The number of hydrogen-bond donors (Lipinski definition) is 3. The number of aliphatic carboxylic acids is 1. The number of carboxylic acid groups (broad SMARTS) is 1. The maximum atomic E-state index is 13.0. The number of carboxylic acids is 1. The Morgan fingerprint density at radius 1 is 1.19 bits per heavy atom. The minimum atomic E-state index is -0.859. The number of aryl methyl sites for hydroxylation is 2. The van der Waals surface area contributed by atoms with Crippen LogP contribution in [0.4, 0.5) is 4.39 Å². The van der Waals surface area contributed by atoms with Gasteiger partial charge >= 0.3 is 5.97 Å². The van der Waals surface area contributed by atoms with Crippen molar-refractivity contribution < 1.29 is 14.3 Å². The van der Waals surface area contributed by atoms with Gasteiger partial charge in [-0.15, -0.1) is 0 Å². The Kier molecular flexibility index (Phi) is 9.70. The molecule has 2 rings (SSSR count). The zero-order valence-electron chi connectivity index (χ0n) is 15.2. The summed E-state index contributed by atoms with van der Waals surface area (Å²) in [6.45, 7) is 4.30. The van der Waals surface area contributed by atoms with Gasteiger partial charge < -0.3 is 10.4 Å². The van der Waals surface area contributed by atoms with Gasteiger partial charge in [-0.3, -0.25) is 4.79 Å². The molecule has 0 aromatic heterocycles. The molecule has 0 saturated heterocycles. The zero-order valence-corrected chi connectivity index (χ0v) is 16.9. The lowest BCUT2D eigenvalue weighted by Gasteiger charge is -2.10. The summed E-state index contributed by atoms with van der Waals surface area (Å²) in [5.41, 5.74) is 4.62. The number of halogens is 2. The highest BCUT2D eigenvalue weighted by atomic mass is 35.5. The van der Waals surface area contributed by atoms with Crippen LogP contribution in [-0.2, 0) is 17.6 Å². The minimum Gasteiger partial charge on any atom is -0.480 e. The van der Waals surface area contributed by atoms with Crippen molar-refractivity contribution in [2.75, 3.05) is 12.8 Å². The van der Waals surface area contributed by atoms with Gasteiger partial charge in [-0.1, -0.05) is 43.6 Å². The quantitative estimate of drug-likeness (QED) is 0.610. The van der Waals surface area contributed by atoms with Crippen LogP contribution >= 0.6 is 24.2 Å². The first-order valence-electron chi connectivity index (χ1n) is 8.45. The Hall–Kier alpha value is -1.56. The number of benzene rings is 2. The van der Waals surface area contributed by atoms with E-state index in [1.807, 2.05) is 0 Å². The van der Waals surface area contributed by atoms with E-state index in [-0.39, 0.29) is 5.82 Å². The molecule has 0 aliphatic heterocycles. The first-order chi connectivity index (χ1) is 12.4. The summed E-state index contributed by atoms with van der Waals surface area (Å²) in [7, 11) is 1.59. The molecule has 2 aromatic rings. The molecular formula is C20H25ClFNO2S. The summed E-state index contributed by atoms with van der Waals surface area (Å²) in [5.74, 6) is -0.835. The van der Waals surface area contributed by atoms with Crippen LogP contribution in [0.15, 0.2) is 36.4 Å². The monoisotopic (exact) mass is 397 g/mol. The Labute approximate surface area is 165 Å². The van der Waals surface area contributed by atoms with Crippen molar-refractivity contribution in [1.82, 2.24) is 5.32 Å². The van der Waals surface area contributed by atoms with Crippen molar-refractivity contribution in [3.63, 3.8) is 0 Å². The molecule has 3 nitrogen and oxygen atoms in total. The SMILES string of the molecule is CCc1ccc(-c2ccc(F)cc2Cl)cc1CC.CN[C@@H](CS)C(=O)O.